The fourth-order valence-electron chi connectivity index (χ4n) is 1.11. The first-order chi connectivity index (χ1) is 6.05. The van der Waals surface area contributed by atoms with E-state index in [4.69, 9.17) is 17.3 Å². The minimum absolute atomic E-state index is 0.176. The van der Waals surface area contributed by atoms with E-state index >= 15 is 0 Å². The smallest absolute Gasteiger partial charge is 0.0621 e. The zero-order chi connectivity index (χ0) is 9.90. The molecule has 72 valence electrons. The van der Waals surface area contributed by atoms with Crippen molar-refractivity contribution in [3.8, 4) is 0 Å². The monoisotopic (exact) mass is 198 g/mol. The molecule has 0 bridgehead atoms. The molecule has 2 nitrogen and oxygen atoms in total. The first-order valence-corrected chi connectivity index (χ1v) is 4.80. The highest BCUT2D eigenvalue weighted by Crippen LogP contribution is 2.20. The van der Waals surface area contributed by atoms with Gasteiger partial charge in [0.05, 0.1) is 5.02 Å². The summed E-state index contributed by atoms with van der Waals surface area (Å²) in [6, 6.07) is 1.92. The molecular formula is C10H15ClN2. The maximum absolute atomic E-state index is 6.04. The van der Waals surface area contributed by atoms with Gasteiger partial charge < -0.3 is 5.73 Å². The minimum atomic E-state index is -0.176. The van der Waals surface area contributed by atoms with Gasteiger partial charge in [-0.3, -0.25) is 4.98 Å². The molecule has 0 fully saturated rings. The van der Waals surface area contributed by atoms with E-state index in [1.807, 2.05) is 13.0 Å². The third-order valence-electron chi connectivity index (χ3n) is 2.26. The molecule has 3 heteroatoms. The number of aromatic nitrogens is 1. The minimum Gasteiger partial charge on any atom is -0.325 e. The molecule has 0 saturated carbocycles. The SMILES string of the molecule is CCC(C)(N)Cc1ccncc1Cl. The van der Waals surface area contributed by atoms with Crippen molar-refractivity contribution in [2.24, 2.45) is 5.73 Å². The molecule has 0 aliphatic carbocycles. The Balaban J connectivity index is 2.80. The molecule has 0 aliphatic heterocycles. The van der Waals surface area contributed by atoms with Crippen LogP contribution < -0.4 is 5.73 Å². The molecule has 13 heavy (non-hydrogen) atoms. The number of rotatable bonds is 3. The highest BCUT2D eigenvalue weighted by atomic mass is 35.5. The van der Waals surface area contributed by atoms with Gasteiger partial charge in [0, 0.05) is 17.9 Å². The molecule has 2 N–H and O–H groups in total. The average Bonchev–Trinajstić information content (AvgIpc) is 2.09. The van der Waals surface area contributed by atoms with Crippen LogP contribution in [0.15, 0.2) is 18.5 Å². The maximum Gasteiger partial charge on any atom is 0.0621 e. The Kier molecular flexibility index (Phi) is 3.28. The van der Waals surface area contributed by atoms with Gasteiger partial charge in [0.1, 0.15) is 0 Å². The zero-order valence-corrected chi connectivity index (χ0v) is 8.80. The number of hydrogen-bond acceptors (Lipinski definition) is 2. The van der Waals surface area contributed by atoms with Crippen LogP contribution in [0.5, 0.6) is 0 Å². The van der Waals surface area contributed by atoms with Gasteiger partial charge in [-0.15, -0.1) is 0 Å². The molecule has 0 saturated heterocycles. The molecular weight excluding hydrogens is 184 g/mol. The van der Waals surface area contributed by atoms with Gasteiger partial charge in [-0.05, 0) is 31.4 Å². The van der Waals surface area contributed by atoms with E-state index in [1.165, 1.54) is 0 Å². The van der Waals surface area contributed by atoms with E-state index in [1.54, 1.807) is 12.4 Å². The highest BCUT2D eigenvalue weighted by molar-refractivity contribution is 6.31. The van der Waals surface area contributed by atoms with E-state index < -0.39 is 0 Å². The lowest BCUT2D eigenvalue weighted by Crippen LogP contribution is -2.37. The Morgan fingerprint density at radius 3 is 2.85 bits per heavy atom. The van der Waals surface area contributed by atoms with E-state index in [-0.39, 0.29) is 5.54 Å². The summed E-state index contributed by atoms with van der Waals surface area (Å²) >= 11 is 5.97. The van der Waals surface area contributed by atoms with Gasteiger partial charge in [-0.25, -0.2) is 0 Å². The normalized spacial score (nSPS) is 15.4. The molecule has 1 aromatic rings. The summed E-state index contributed by atoms with van der Waals surface area (Å²) in [5, 5.41) is 0.702. The van der Waals surface area contributed by atoms with Crippen molar-refractivity contribution in [3.63, 3.8) is 0 Å². The van der Waals surface area contributed by atoms with Gasteiger partial charge in [0.25, 0.3) is 0 Å². The number of halogens is 1. The van der Waals surface area contributed by atoms with E-state index in [0.717, 1.165) is 18.4 Å². The van der Waals surface area contributed by atoms with Crippen LogP contribution in [0.1, 0.15) is 25.8 Å². The van der Waals surface area contributed by atoms with Crippen molar-refractivity contribution in [2.75, 3.05) is 0 Å². The quantitative estimate of drug-likeness (QED) is 0.810. The summed E-state index contributed by atoms with van der Waals surface area (Å²) in [6.07, 6.45) is 5.13. The fraction of sp³-hybridized carbons (Fsp3) is 0.500. The predicted octanol–water partition coefficient (Wildman–Crippen LogP) is 2.40. The van der Waals surface area contributed by atoms with Crippen LogP contribution in [0.2, 0.25) is 5.02 Å². The number of pyridine rings is 1. The van der Waals surface area contributed by atoms with Gasteiger partial charge >= 0.3 is 0 Å². The van der Waals surface area contributed by atoms with Crippen molar-refractivity contribution in [2.45, 2.75) is 32.2 Å². The summed E-state index contributed by atoms with van der Waals surface area (Å²) in [6.45, 7) is 4.11. The molecule has 1 aromatic heterocycles. The predicted molar refractivity (Wildman–Crippen MR) is 55.8 cm³/mol. The lowest BCUT2D eigenvalue weighted by molar-refractivity contribution is 0.450. The molecule has 1 rings (SSSR count). The van der Waals surface area contributed by atoms with Crippen molar-refractivity contribution in [1.29, 1.82) is 0 Å². The Hall–Kier alpha value is -0.600. The van der Waals surface area contributed by atoms with Crippen molar-refractivity contribution in [1.82, 2.24) is 4.98 Å². The van der Waals surface area contributed by atoms with E-state index in [9.17, 15) is 0 Å². The molecule has 1 unspecified atom stereocenters. The topological polar surface area (TPSA) is 38.9 Å². The van der Waals surface area contributed by atoms with Gasteiger partial charge in [0.15, 0.2) is 0 Å². The maximum atomic E-state index is 6.04. The summed E-state index contributed by atoms with van der Waals surface area (Å²) in [5.41, 5.74) is 6.93. The number of nitrogens with zero attached hydrogens (tertiary/aromatic N) is 1. The largest absolute Gasteiger partial charge is 0.325 e. The molecule has 0 aromatic carbocycles. The second kappa shape index (κ2) is 4.07. The second-order valence-corrected chi connectivity index (χ2v) is 4.06. The first-order valence-electron chi connectivity index (χ1n) is 4.42. The van der Waals surface area contributed by atoms with Crippen molar-refractivity contribution >= 4 is 11.6 Å². The standard InChI is InChI=1S/C10H15ClN2/c1-3-10(2,12)6-8-4-5-13-7-9(8)11/h4-5,7H,3,6,12H2,1-2H3. The van der Waals surface area contributed by atoms with Crippen LogP contribution in [-0.2, 0) is 6.42 Å². The Morgan fingerprint density at radius 2 is 2.31 bits per heavy atom. The van der Waals surface area contributed by atoms with Crippen LogP contribution in [-0.4, -0.2) is 10.5 Å². The highest BCUT2D eigenvalue weighted by Gasteiger charge is 2.17. The van der Waals surface area contributed by atoms with Gasteiger partial charge in [-0.2, -0.15) is 0 Å². The summed E-state index contributed by atoms with van der Waals surface area (Å²) in [7, 11) is 0. The van der Waals surface area contributed by atoms with Gasteiger partial charge in [-0.1, -0.05) is 18.5 Å². The molecule has 0 amide bonds. The Morgan fingerprint density at radius 1 is 1.62 bits per heavy atom. The zero-order valence-electron chi connectivity index (χ0n) is 8.05. The second-order valence-electron chi connectivity index (χ2n) is 3.65. The lowest BCUT2D eigenvalue weighted by Gasteiger charge is -2.22. The van der Waals surface area contributed by atoms with Crippen LogP contribution in [0.25, 0.3) is 0 Å². The van der Waals surface area contributed by atoms with Crippen LogP contribution in [0.4, 0.5) is 0 Å². The number of nitrogens with two attached hydrogens (primary N) is 1. The molecule has 0 radical (unpaired) electrons. The third-order valence-corrected chi connectivity index (χ3v) is 2.60. The number of hydrogen-bond donors (Lipinski definition) is 1. The van der Waals surface area contributed by atoms with Crippen LogP contribution in [0, 0.1) is 0 Å². The summed E-state index contributed by atoms with van der Waals surface area (Å²) < 4.78 is 0. The lowest BCUT2D eigenvalue weighted by atomic mass is 9.92. The Bertz CT molecular complexity index is 284. The van der Waals surface area contributed by atoms with E-state index in [2.05, 4.69) is 11.9 Å². The Labute approximate surface area is 84.1 Å². The molecule has 0 spiro atoms. The van der Waals surface area contributed by atoms with Crippen LogP contribution in [0.3, 0.4) is 0 Å². The molecule has 1 heterocycles. The van der Waals surface area contributed by atoms with E-state index in [0.29, 0.717) is 5.02 Å². The molecule has 1 atom stereocenters. The van der Waals surface area contributed by atoms with Crippen molar-refractivity contribution < 1.29 is 0 Å². The average molecular weight is 199 g/mol. The van der Waals surface area contributed by atoms with Crippen molar-refractivity contribution in [3.05, 3.63) is 29.0 Å². The fourth-order valence-corrected chi connectivity index (χ4v) is 1.29. The summed E-state index contributed by atoms with van der Waals surface area (Å²) in [5.74, 6) is 0. The third kappa shape index (κ3) is 2.98. The molecule has 0 aliphatic rings. The first kappa shape index (κ1) is 10.5. The van der Waals surface area contributed by atoms with Gasteiger partial charge in [0.2, 0.25) is 0 Å². The van der Waals surface area contributed by atoms with Crippen LogP contribution >= 0.6 is 11.6 Å². The summed E-state index contributed by atoms with van der Waals surface area (Å²) in [4.78, 5) is 3.93.